The van der Waals surface area contributed by atoms with Crippen LogP contribution in [-0.4, -0.2) is 26.3 Å². The van der Waals surface area contributed by atoms with Crippen LogP contribution in [0.15, 0.2) is 64.4 Å². The van der Waals surface area contributed by atoms with Gasteiger partial charge in [0.2, 0.25) is 0 Å². The number of benzene rings is 2. The number of rotatable bonds is 7. The van der Waals surface area contributed by atoms with Crippen LogP contribution in [0.5, 0.6) is 5.75 Å². The maximum atomic E-state index is 12.4. The molecule has 4 rings (SSSR count). The summed E-state index contributed by atoms with van der Waals surface area (Å²) in [6.07, 6.45) is 5.75. The van der Waals surface area contributed by atoms with E-state index >= 15 is 0 Å². The van der Waals surface area contributed by atoms with E-state index in [2.05, 4.69) is 4.98 Å². The van der Waals surface area contributed by atoms with Gasteiger partial charge < -0.3 is 9.72 Å². The summed E-state index contributed by atoms with van der Waals surface area (Å²) in [6, 6.07) is 14.9. The van der Waals surface area contributed by atoms with Crippen molar-refractivity contribution in [2.45, 2.75) is 31.1 Å². The highest BCUT2D eigenvalue weighted by Gasteiger charge is 2.24. The highest BCUT2D eigenvalue weighted by atomic mass is 32.2. The van der Waals surface area contributed by atoms with Gasteiger partial charge in [0.1, 0.15) is 5.75 Å². The minimum Gasteiger partial charge on any atom is -0.493 e. The zero-order chi connectivity index (χ0) is 21.3. The minimum atomic E-state index is -3.39. The molecule has 0 unspecified atom stereocenters. The van der Waals surface area contributed by atoms with E-state index in [0.29, 0.717) is 35.8 Å². The zero-order valence-corrected chi connectivity index (χ0v) is 18.0. The van der Waals surface area contributed by atoms with Crippen molar-refractivity contribution >= 4 is 9.84 Å². The van der Waals surface area contributed by atoms with Gasteiger partial charge in [-0.05, 0) is 61.4 Å². The van der Waals surface area contributed by atoms with Crippen LogP contribution in [0, 0.1) is 12.8 Å². The molecule has 1 heterocycles. The molecular weight excluding hydrogens is 398 g/mol. The molecule has 0 saturated heterocycles. The summed E-state index contributed by atoms with van der Waals surface area (Å²) in [5.74, 6) is 1.20. The first-order valence-corrected chi connectivity index (χ1v) is 11.9. The number of nitrogens with one attached hydrogen (secondary N) is 1. The van der Waals surface area contributed by atoms with Crippen LogP contribution in [0.1, 0.15) is 29.5 Å². The lowest BCUT2D eigenvalue weighted by atomic mass is 9.93. The Morgan fingerprint density at radius 1 is 1.07 bits per heavy atom. The van der Waals surface area contributed by atoms with Gasteiger partial charge in [-0.1, -0.05) is 30.3 Å². The normalized spacial score (nSPS) is 13.9. The summed E-state index contributed by atoms with van der Waals surface area (Å²) >= 11 is 0. The molecule has 1 N–H and O–H groups in total. The fourth-order valence-electron chi connectivity index (χ4n) is 3.51. The Labute approximate surface area is 176 Å². The number of ether oxygens (including phenoxy) is 1. The number of sulfone groups is 1. The molecule has 3 aromatic rings. The molecule has 0 spiro atoms. The Hall–Kier alpha value is -2.86. The SMILES string of the molecule is Cc1c(Cc2ccccc2)c(-c2cc(S(C)(=O)=O)ccc2OCC2CC2)c[nH]c1=O. The molecule has 0 radical (unpaired) electrons. The summed E-state index contributed by atoms with van der Waals surface area (Å²) in [5.41, 5.74) is 3.88. The highest BCUT2D eigenvalue weighted by molar-refractivity contribution is 7.90. The van der Waals surface area contributed by atoms with E-state index in [-0.39, 0.29) is 10.5 Å². The third-order valence-corrected chi connectivity index (χ3v) is 6.64. The maximum Gasteiger partial charge on any atom is 0.251 e. The van der Waals surface area contributed by atoms with Gasteiger partial charge in [-0.2, -0.15) is 0 Å². The van der Waals surface area contributed by atoms with Crippen molar-refractivity contribution in [1.82, 2.24) is 4.98 Å². The van der Waals surface area contributed by atoms with Gasteiger partial charge in [0.25, 0.3) is 5.56 Å². The van der Waals surface area contributed by atoms with Gasteiger partial charge in [-0.3, -0.25) is 4.79 Å². The molecule has 1 aliphatic rings. The van der Waals surface area contributed by atoms with E-state index in [1.54, 1.807) is 31.3 Å². The average molecular weight is 424 g/mol. The summed E-state index contributed by atoms with van der Waals surface area (Å²) in [5, 5.41) is 0. The van der Waals surface area contributed by atoms with Gasteiger partial charge in [0, 0.05) is 29.1 Å². The molecule has 0 atom stereocenters. The molecule has 1 fully saturated rings. The molecule has 0 amide bonds. The largest absolute Gasteiger partial charge is 0.493 e. The Kier molecular flexibility index (Phi) is 5.52. The van der Waals surface area contributed by atoms with E-state index in [1.807, 2.05) is 30.3 Å². The monoisotopic (exact) mass is 423 g/mol. The van der Waals surface area contributed by atoms with Crippen LogP contribution in [0.3, 0.4) is 0 Å². The van der Waals surface area contributed by atoms with Gasteiger partial charge in [-0.25, -0.2) is 8.42 Å². The number of aromatic nitrogens is 1. The van der Waals surface area contributed by atoms with Crippen LogP contribution < -0.4 is 10.3 Å². The molecule has 1 saturated carbocycles. The number of hydrogen-bond acceptors (Lipinski definition) is 4. The maximum absolute atomic E-state index is 12.4. The lowest BCUT2D eigenvalue weighted by molar-refractivity contribution is 0.301. The van der Waals surface area contributed by atoms with Crippen molar-refractivity contribution in [2.75, 3.05) is 12.9 Å². The molecule has 0 aliphatic heterocycles. The Morgan fingerprint density at radius 3 is 2.47 bits per heavy atom. The molecule has 5 nitrogen and oxygen atoms in total. The smallest absolute Gasteiger partial charge is 0.251 e. The summed E-state index contributed by atoms with van der Waals surface area (Å²) in [6.45, 7) is 2.41. The zero-order valence-electron chi connectivity index (χ0n) is 17.1. The molecule has 1 aliphatic carbocycles. The van der Waals surface area contributed by atoms with E-state index in [4.69, 9.17) is 4.74 Å². The second-order valence-electron chi connectivity index (χ2n) is 7.98. The Bertz CT molecular complexity index is 1230. The number of aromatic amines is 1. The van der Waals surface area contributed by atoms with Crippen molar-refractivity contribution in [1.29, 1.82) is 0 Å². The topological polar surface area (TPSA) is 76.2 Å². The molecule has 2 aromatic carbocycles. The van der Waals surface area contributed by atoms with Gasteiger partial charge in [0.05, 0.1) is 11.5 Å². The second-order valence-corrected chi connectivity index (χ2v) is 10.00. The van der Waals surface area contributed by atoms with Crippen LogP contribution in [0.25, 0.3) is 11.1 Å². The summed E-state index contributed by atoms with van der Waals surface area (Å²) < 4.78 is 30.5. The third kappa shape index (κ3) is 4.49. The van der Waals surface area contributed by atoms with Crippen LogP contribution in [0.2, 0.25) is 0 Å². The fraction of sp³-hybridized carbons (Fsp3) is 0.292. The van der Waals surface area contributed by atoms with Crippen molar-refractivity contribution < 1.29 is 13.2 Å². The van der Waals surface area contributed by atoms with Gasteiger partial charge in [-0.15, -0.1) is 0 Å². The van der Waals surface area contributed by atoms with E-state index in [0.717, 1.165) is 29.5 Å². The molecule has 30 heavy (non-hydrogen) atoms. The number of H-pyrrole nitrogens is 1. The molecule has 156 valence electrons. The van der Waals surface area contributed by atoms with E-state index in [1.165, 1.54) is 6.26 Å². The number of hydrogen-bond donors (Lipinski definition) is 1. The van der Waals surface area contributed by atoms with Crippen LogP contribution in [0.4, 0.5) is 0 Å². The molecule has 0 bridgehead atoms. The van der Waals surface area contributed by atoms with Crippen molar-refractivity contribution in [3.05, 3.63) is 81.8 Å². The first-order chi connectivity index (χ1) is 14.3. The van der Waals surface area contributed by atoms with Crippen LogP contribution in [-0.2, 0) is 16.3 Å². The summed E-state index contributed by atoms with van der Waals surface area (Å²) in [4.78, 5) is 15.4. The first kappa shape index (κ1) is 20.4. The Balaban J connectivity index is 1.87. The predicted molar refractivity (Wildman–Crippen MR) is 118 cm³/mol. The molecule has 1 aromatic heterocycles. The fourth-order valence-corrected chi connectivity index (χ4v) is 4.16. The highest BCUT2D eigenvalue weighted by Crippen LogP contribution is 2.37. The third-order valence-electron chi connectivity index (χ3n) is 5.53. The quantitative estimate of drug-likeness (QED) is 0.620. The lowest BCUT2D eigenvalue weighted by Gasteiger charge is -2.17. The predicted octanol–water partition coefficient (Wildman–Crippen LogP) is 4.13. The number of pyridine rings is 1. The molecule has 6 heteroatoms. The van der Waals surface area contributed by atoms with Crippen molar-refractivity contribution in [3.8, 4) is 16.9 Å². The van der Waals surface area contributed by atoms with Crippen molar-refractivity contribution in [3.63, 3.8) is 0 Å². The molecular formula is C24H25NO4S. The first-order valence-electron chi connectivity index (χ1n) is 10.1. The standard InChI is InChI=1S/C24H25NO4S/c1-16-20(12-17-6-4-3-5-7-17)22(14-25-24(16)26)21-13-19(30(2,27)28)10-11-23(21)29-15-18-8-9-18/h3-7,10-11,13-14,18H,8-9,12,15H2,1-2H3,(H,25,26). The van der Waals surface area contributed by atoms with Crippen LogP contribution >= 0.6 is 0 Å². The van der Waals surface area contributed by atoms with E-state index in [9.17, 15) is 13.2 Å². The lowest BCUT2D eigenvalue weighted by Crippen LogP contribution is -2.14. The van der Waals surface area contributed by atoms with Crippen molar-refractivity contribution in [2.24, 2.45) is 5.92 Å². The van der Waals surface area contributed by atoms with E-state index < -0.39 is 9.84 Å². The Morgan fingerprint density at radius 2 is 1.80 bits per heavy atom. The average Bonchev–Trinajstić information content (AvgIpc) is 3.55. The van der Waals surface area contributed by atoms with Gasteiger partial charge in [0.15, 0.2) is 9.84 Å². The second kappa shape index (κ2) is 8.11. The van der Waals surface area contributed by atoms with Gasteiger partial charge >= 0.3 is 0 Å². The summed E-state index contributed by atoms with van der Waals surface area (Å²) in [7, 11) is -3.39. The minimum absolute atomic E-state index is 0.149.